The average molecular weight is 294 g/mol. The van der Waals surface area contributed by atoms with Crippen molar-refractivity contribution in [2.24, 2.45) is 11.3 Å². The molecule has 0 aliphatic heterocycles. The van der Waals surface area contributed by atoms with E-state index in [1.165, 1.54) is 12.1 Å². The van der Waals surface area contributed by atoms with Crippen LogP contribution in [0.4, 0.5) is 4.39 Å². The monoisotopic (exact) mass is 294 g/mol. The molecule has 0 aromatic heterocycles. The third kappa shape index (κ3) is 5.17. The maximum atomic E-state index is 12.8. The number of rotatable bonds is 6. The molecule has 0 heterocycles. The van der Waals surface area contributed by atoms with Crippen LogP contribution >= 0.6 is 0 Å². The van der Waals surface area contributed by atoms with Gasteiger partial charge in [-0.3, -0.25) is 9.59 Å². The van der Waals surface area contributed by atoms with Gasteiger partial charge in [0.2, 0.25) is 11.8 Å². The summed E-state index contributed by atoms with van der Waals surface area (Å²) in [4.78, 5) is 24.2. The maximum Gasteiger partial charge on any atom is 0.235 e. The third-order valence-corrected chi connectivity index (χ3v) is 3.17. The zero-order valence-corrected chi connectivity index (χ0v) is 13.0. The normalized spacial score (nSPS) is 11.3. The van der Waals surface area contributed by atoms with E-state index in [2.05, 4.69) is 10.6 Å². The van der Waals surface area contributed by atoms with Crippen molar-refractivity contribution in [3.8, 4) is 0 Å². The minimum absolute atomic E-state index is 0.264. The van der Waals surface area contributed by atoms with Crippen molar-refractivity contribution in [2.45, 2.75) is 34.2 Å². The van der Waals surface area contributed by atoms with E-state index in [1.807, 2.05) is 13.8 Å². The van der Waals surface area contributed by atoms with Gasteiger partial charge in [0.25, 0.3) is 0 Å². The Morgan fingerprint density at radius 3 is 2.14 bits per heavy atom. The lowest BCUT2D eigenvalue weighted by Crippen LogP contribution is -2.48. The van der Waals surface area contributed by atoms with Gasteiger partial charge in [-0.05, 0) is 37.5 Å². The molecular weight excluding hydrogens is 271 g/mol. The molecule has 1 aromatic rings. The smallest absolute Gasteiger partial charge is 0.235 e. The largest absolute Gasteiger partial charge is 0.355 e. The number of nitrogens with one attached hydrogen (secondary N) is 2. The Morgan fingerprint density at radius 1 is 1.10 bits per heavy atom. The van der Waals surface area contributed by atoms with Crippen LogP contribution in [0.1, 0.15) is 33.3 Å². The molecule has 0 bridgehead atoms. The Bertz CT molecular complexity index is 496. The van der Waals surface area contributed by atoms with E-state index >= 15 is 0 Å². The van der Waals surface area contributed by atoms with Gasteiger partial charge in [-0.1, -0.05) is 26.0 Å². The lowest BCUT2D eigenvalue weighted by atomic mass is 9.90. The van der Waals surface area contributed by atoms with Crippen LogP contribution in [0, 0.1) is 17.2 Å². The Balaban J connectivity index is 2.56. The standard InChI is InChI=1S/C16H23FN2O2/c1-11(2)9-18-14(20)16(3,4)15(21)19-10-12-5-7-13(17)8-6-12/h5-8,11H,9-10H2,1-4H3,(H,18,20)(H,19,21). The van der Waals surface area contributed by atoms with E-state index in [1.54, 1.807) is 26.0 Å². The zero-order chi connectivity index (χ0) is 16.0. The first kappa shape index (κ1) is 17.1. The predicted molar refractivity (Wildman–Crippen MR) is 79.9 cm³/mol. The predicted octanol–water partition coefficient (Wildman–Crippen LogP) is 2.24. The first-order valence-corrected chi connectivity index (χ1v) is 7.04. The lowest BCUT2D eigenvalue weighted by Gasteiger charge is -2.23. The summed E-state index contributed by atoms with van der Waals surface area (Å²) in [5.41, 5.74) is -0.363. The van der Waals surface area contributed by atoms with Crippen LogP contribution in [0.2, 0.25) is 0 Å². The fourth-order valence-corrected chi connectivity index (χ4v) is 1.63. The van der Waals surface area contributed by atoms with Crippen LogP contribution < -0.4 is 10.6 Å². The number of hydrogen-bond donors (Lipinski definition) is 2. The van der Waals surface area contributed by atoms with Crippen molar-refractivity contribution in [2.75, 3.05) is 6.54 Å². The van der Waals surface area contributed by atoms with Crippen LogP contribution in [0.25, 0.3) is 0 Å². The summed E-state index contributed by atoms with van der Waals surface area (Å²) in [6, 6.07) is 5.87. The molecule has 4 nitrogen and oxygen atoms in total. The van der Waals surface area contributed by atoms with E-state index < -0.39 is 5.41 Å². The van der Waals surface area contributed by atoms with Gasteiger partial charge in [0.05, 0.1) is 0 Å². The second-order valence-electron chi connectivity index (χ2n) is 6.04. The van der Waals surface area contributed by atoms with Crippen LogP contribution in [0.15, 0.2) is 24.3 Å². The fourth-order valence-electron chi connectivity index (χ4n) is 1.63. The molecular formula is C16H23FN2O2. The molecule has 2 N–H and O–H groups in total. The summed E-state index contributed by atoms with van der Waals surface area (Å²) < 4.78 is 12.8. The molecule has 0 saturated heterocycles. The van der Waals surface area contributed by atoms with Gasteiger partial charge < -0.3 is 10.6 Å². The molecule has 0 aliphatic rings. The summed E-state index contributed by atoms with van der Waals surface area (Å²) >= 11 is 0. The molecule has 0 atom stereocenters. The molecule has 21 heavy (non-hydrogen) atoms. The van der Waals surface area contributed by atoms with Crippen molar-refractivity contribution in [1.29, 1.82) is 0 Å². The highest BCUT2D eigenvalue weighted by atomic mass is 19.1. The molecule has 0 unspecified atom stereocenters. The molecule has 0 saturated carbocycles. The van der Waals surface area contributed by atoms with Crippen LogP contribution in [0.3, 0.4) is 0 Å². The second kappa shape index (κ2) is 7.20. The Labute approximate surface area is 125 Å². The van der Waals surface area contributed by atoms with Gasteiger partial charge in [0.15, 0.2) is 0 Å². The summed E-state index contributed by atoms with van der Waals surface area (Å²) in [6.45, 7) is 7.95. The number of benzene rings is 1. The van der Waals surface area contributed by atoms with Crippen LogP contribution in [-0.4, -0.2) is 18.4 Å². The molecule has 1 aromatic carbocycles. The van der Waals surface area contributed by atoms with Gasteiger partial charge >= 0.3 is 0 Å². The Hall–Kier alpha value is -1.91. The molecule has 5 heteroatoms. The molecule has 0 radical (unpaired) electrons. The quantitative estimate of drug-likeness (QED) is 0.791. The van der Waals surface area contributed by atoms with Gasteiger partial charge in [-0.25, -0.2) is 4.39 Å². The highest BCUT2D eigenvalue weighted by Gasteiger charge is 2.35. The fraction of sp³-hybridized carbons (Fsp3) is 0.500. The average Bonchev–Trinajstić information content (AvgIpc) is 2.43. The van der Waals surface area contributed by atoms with Gasteiger partial charge in [0.1, 0.15) is 11.2 Å². The Morgan fingerprint density at radius 2 is 1.62 bits per heavy atom. The Kier molecular flexibility index (Phi) is 5.88. The van der Waals surface area contributed by atoms with Gasteiger partial charge in [-0.2, -0.15) is 0 Å². The molecule has 116 valence electrons. The van der Waals surface area contributed by atoms with Gasteiger partial charge in [0, 0.05) is 13.1 Å². The molecule has 2 amide bonds. The molecule has 0 fully saturated rings. The topological polar surface area (TPSA) is 58.2 Å². The first-order chi connectivity index (χ1) is 9.73. The molecule has 0 aliphatic carbocycles. The summed E-state index contributed by atoms with van der Waals surface area (Å²) in [5, 5.41) is 5.46. The summed E-state index contributed by atoms with van der Waals surface area (Å²) in [5.74, 6) is -0.647. The number of carbonyl (C=O) groups excluding carboxylic acids is 2. The van der Waals surface area contributed by atoms with Gasteiger partial charge in [-0.15, -0.1) is 0 Å². The van der Waals surface area contributed by atoms with Crippen LogP contribution in [0.5, 0.6) is 0 Å². The summed E-state index contributed by atoms with van der Waals surface area (Å²) in [6.07, 6.45) is 0. The van der Waals surface area contributed by atoms with Crippen molar-refractivity contribution >= 4 is 11.8 Å². The molecule has 0 spiro atoms. The number of halogens is 1. The second-order valence-corrected chi connectivity index (χ2v) is 6.04. The van der Waals surface area contributed by atoms with E-state index in [9.17, 15) is 14.0 Å². The minimum atomic E-state index is -1.14. The van der Waals surface area contributed by atoms with Crippen molar-refractivity contribution in [3.63, 3.8) is 0 Å². The number of carbonyl (C=O) groups is 2. The molecule has 1 rings (SSSR count). The number of amides is 2. The highest BCUT2D eigenvalue weighted by Crippen LogP contribution is 2.16. The SMILES string of the molecule is CC(C)CNC(=O)C(C)(C)C(=O)NCc1ccc(F)cc1. The zero-order valence-electron chi connectivity index (χ0n) is 13.0. The third-order valence-electron chi connectivity index (χ3n) is 3.17. The van der Waals surface area contributed by atoms with Crippen molar-refractivity contribution < 1.29 is 14.0 Å². The van der Waals surface area contributed by atoms with E-state index in [-0.39, 0.29) is 24.2 Å². The van der Waals surface area contributed by atoms with Crippen molar-refractivity contribution in [3.05, 3.63) is 35.6 Å². The van der Waals surface area contributed by atoms with E-state index in [0.717, 1.165) is 5.56 Å². The summed E-state index contributed by atoms with van der Waals surface area (Å²) in [7, 11) is 0. The van der Waals surface area contributed by atoms with Crippen molar-refractivity contribution in [1.82, 2.24) is 10.6 Å². The lowest BCUT2D eigenvalue weighted by molar-refractivity contribution is -0.141. The first-order valence-electron chi connectivity index (χ1n) is 7.04. The minimum Gasteiger partial charge on any atom is -0.355 e. The maximum absolute atomic E-state index is 12.8. The van der Waals surface area contributed by atoms with E-state index in [4.69, 9.17) is 0 Å². The number of hydrogen-bond acceptors (Lipinski definition) is 2. The van der Waals surface area contributed by atoms with Crippen LogP contribution in [-0.2, 0) is 16.1 Å². The highest BCUT2D eigenvalue weighted by molar-refractivity contribution is 6.04. The van der Waals surface area contributed by atoms with E-state index in [0.29, 0.717) is 12.5 Å².